The van der Waals surface area contributed by atoms with Crippen LogP contribution in [0.1, 0.15) is 16.9 Å². The molecule has 0 unspecified atom stereocenters. The van der Waals surface area contributed by atoms with Crippen LogP contribution in [0.2, 0.25) is 0 Å². The van der Waals surface area contributed by atoms with Gasteiger partial charge < -0.3 is 9.15 Å². The topological polar surface area (TPSA) is 63.8 Å². The average molecular weight is 427 g/mol. The third-order valence-electron chi connectivity index (χ3n) is 3.98. The Hall–Kier alpha value is -2.86. The molecule has 0 spiro atoms. The van der Waals surface area contributed by atoms with Crippen LogP contribution in [0.15, 0.2) is 68.6 Å². The fraction of sp³-hybridized carbons (Fsp3) is 0.143. The van der Waals surface area contributed by atoms with Gasteiger partial charge in [-0.1, -0.05) is 34.1 Å². The van der Waals surface area contributed by atoms with Gasteiger partial charge in [0, 0.05) is 10.0 Å². The molecule has 1 N–H and O–H groups in total. The molecule has 3 rings (SSSR count). The second kappa shape index (κ2) is 8.68. The molecule has 1 aromatic heterocycles. The third-order valence-corrected chi connectivity index (χ3v) is 4.51. The zero-order valence-corrected chi connectivity index (χ0v) is 16.6. The summed E-state index contributed by atoms with van der Waals surface area (Å²) < 4.78 is 12.2. The predicted octanol–water partition coefficient (Wildman–Crippen LogP) is 4.86. The number of furan rings is 1. The Balaban J connectivity index is 1.50. The molecule has 1 amide bonds. The number of ether oxygens (including phenoxy) is 1. The van der Waals surface area contributed by atoms with Gasteiger partial charge in [0.25, 0.3) is 5.91 Å². The van der Waals surface area contributed by atoms with Gasteiger partial charge in [-0.2, -0.15) is 5.10 Å². The first kappa shape index (κ1) is 18.9. The van der Waals surface area contributed by atoms with Crippen molar-refractivity contribution in [1.29, 1.82) is 0 Å². The Bertz CT molecular complexity index is 962. The molecule has 0 aliphatic heterocycles. The lowest BCUT2D eigenvalue weighted by atomic mass is 10.1. The molecule has 3 aromatic rings. The van der Waals surface area contributed by atoms with E-state index in [1.807, 2.05) is 62.4 Å². The van der Waals surface area contributed by atoms with Crippen molar-refractivity contribution in [3.8, 4) is 17.1 Å². The van der Waals surface area contributed by atoms with Gasteiger partial charge in [0.05, 0.1) is 6.21 Å². The molecule has 27 heavy (non-hydrogen) atoms. The molecule has 0 bridgehead atoms. The van der Waals surface area contributed by atoms with Crippen molar-refractivity contribution < 1.29 is 13.9 Å². The molecule has 0 saturated carbocycles. The Morgan fingerprint density at radius 3 is 2.63 bits per heavy atom. The second-order valence-electron chi connectivity index (χ2n) is 6.04. The first-order chi connectivity index (χ1) is 13.0. The fourth-order valence-electron chi connectivity index (χ4n) is 2.34. The standard InChI is InChI=1S/C21H19BrN2O3/c1-14-3-8-18(11-15(14)2)26-13-21(25)24-23-12-19-9-10-20(27-19)16-4-6-17(22)7-5-16/h3-12H,13H2,1-2H3,(H,24,25)/b23-12-. The van der Waals surface area contributed by atoms with E-state index in [2.05, 4.69) is 26.5 Å². The molecule has 5 nitrogen and oxygen atoms in total. The zero-order valence-electron chi connectivity index (χ0n) is 15.0. The van der Waals surface area contributed by atoms with Crippen molar-refractivity contribution in [2.75, 3.05) is 6.61 Å². The number of aryl methyl sites for hydroxylation is 2. The smallest absolute Gasteiger partial charge is 0.277 e. The van der Waals surface area contributed by atoms with Crippen LogP contribution in [0.4, 0.5) is 0 Å². The summed E-state index contributed by atoms with van der Waals surface area (Å²) in [6.45, 7) is 3.91. The molecule has 138 valence electrons. The number of carbonyl (C=O) groups is 1. The third kappa shape index (κ3) is 5.31. The van der Waals surface area contributed by atoms with Gasteiger partial charge in [0.15, 0.2) is 6.61 Å². The van der Waals surface area contributed by atoms with Crippen molar-refractivity contribution in [2.45, 2.75) is 13.8 Å². The number of nitrogens with zero attached hydrogens (tertiary/aromatic N) is 1. The van der Waals surface area contributed by atoms with E-state index in [9.17, 15) is 4.79 Å². The van der Waals surface area contributed by atoms with E-state index in [4.69, 9.17) is 9.15 Å². The van der Waals surface area contributed by atoms with Gasteiger partial charge in [0.2, 0.25) is 0 Å². The summed E-state index contributed by atoms with van der Waals surface area (Å²) in [5.74, 6) is 1.59. The van der Waals surface area contributed by atoms with Gasteiger partial charge in [-0.15, -0.1) is 0 Å². The fourth-order valence-corrected chi connectivity index (χ4v) is 2.61. The lowest BCUT2D eigenvalue weighted by Crippen LogP contribution is -2.24. The molecule has 0 atom stereocenters. The first-order valence-corrected chi connectivity index (χ1v) is 9.18. The van der Waals surface area contributed by atoms with E-state index < -0.39 is 0 Å². The molecule has 0 radical (unpaired) electrons. The van der Waals surface area contributed by atoms with E-state index in [0.29, 0.717) is 11.5 Å². The minimum absolute atomic E-state index is 0.109. The predicted molar refractivity (Wildman–Crippen MR) is 109 cm³/mol. The molecule has 6 heteroatoms. The number of rotatable bonds is 6. The van der Waals surface area contributed by atoms with Gasteiger partial charge >= 0.3 is 0 Å². The van der Waals surface area contributed by atoms with Crippen molar-refractivity contribution in [3.05, 3.63) is 76.0 Å². The van der Waals surface area contributed by atoms with Crippen LogP contribution in [0.5, 0.6) is 5.75 Å². The summed E-state index contributed by atoms with van der Waals surface area (Å²) in [6.07, 6.45) is 1.45. The number of halogens is 1. The highest BCUT2D eigenvalue weighted by molar-refractivity contribution is 9.10. The second-order valence-corrected chi connectivity index (χ2v) is 6.95. The van der Waals surface area contributed by atoms with Crippen LogP contribution < -0.4 is 10.2 Å². The number of hydrogen-bond acceptors (Lipinski definition) is 4. The minimum atomic E-state index is -0.343. The summed E-state index contributed by atoms with van der Waals surface area (Å²) in [6, 6.07) is 17.1. The molecule has 1 heterocycles. The van der Waals surface area contributed by atoms with Crippen molar-refractivity contribution in [2.24, 2.45) is 5.10 Å². The monoisotopic (exact) mass is 426 g/mol. The number of benzene rings is 2. The summed E-state index contributed by atoms with van der Waals surface area (Å²) in [5, 5.41) is 3.90. The van der Waals surface area contributed by atoms with Crippen LogP contribution in [0.25, 0.3) is 11.3 Å². The molecule has 0 fully saturated rings. The molecule has 0 saturated heterocycles. The number of hydrazone groups is 1. The summed E-state index contributed by atoms with van der Waals surface area (Å²) in [7, 11) is 0. The maximum atomic E-state index is 11.8. The largest absolute Gasteiger partial charge is 0.484 e. The molecular weight excluding hydrogens is 408 g/mol. The van der Waals surface area contributed by atoms with Crippen molar-refractivity contribution in [1.82, 2.24) is 5.43 Å². The summed E-state index contributed by atoms with van der Waals surface area (Å²) in [4.78, 5) is 11.8. The normalized spacial score (nSPS) is 10.9. The van der Waals surface area contributed by atoms with Crippen LogP contribution in [-0.2, 0) is 4.79 Å². The maximum Gasteiger partial charge on any atom is 0.277 e. The van der Waals surface area contributed by atoms with Gasteiger partial charge in [-0.25, -0.2) is 5.43 Å². The Morgan fingerprint density at radius 2 is 1.89 bits per heavy atom. The van der Waals surface area contributed by atoms with E-state index in [-0.39, 0.29) is 12.5 Å². The lowest BCUT2D eigenvalue weighted by molar-refractivity contribution is -0.123. The molecule has 0 aliphatic rings. The Morgan fingerprint density at radius 1 is 1.11 bits per heavy atom. The van der Waals surface area contributed by atoms with Gasteiger partial charge in [0.1, 0.15) is 17.3 Å². The number of carbonyl (C=O) groups excluding carboxylic acids is 1. The van der Waals surface area contributed by atoms with E-state index in [1.165, 1.54) is 11.8 Å². The highest BCUT2D eigenvalue weighted by Gasteiger charge is 2.05. The average Bonchev–Trinajstić information content (AvgIpc) is 3.12. The SMILES string of the molecule is Cc1ccc(OCC(=O)N/N=C\c2ccc(-c3ccc(Br)cc3)o2)cc1C. The van der Waals surface area contributed by atoms with E-state index in [1.54, 1.807) is 6.07 Å². The number of amides is 1. The van der Waals surface area contributed by atoms with E-state index >= 15 is 0 Å². The minimum Gasteiger partial charge on any atom is -0.484 e. The molecule has 2 aromatic carbocycles. The number of nitrogens with one attached hydrogen (secondary N) is 1. The summed E-state index contributed by atoms with van der Waals surface area (Å²) >= 11 is 3.40. The Labute approximate surface area is 166 Å². The van der Waals surface area contributed by atoms with Crippen LogP contribution in [0, 0.1) is 13.8 Å². The van der Waals surface area contributed by atoms with Crippen LogP contribution in [-0.4, -0.2) is 18.7 Å². The quantitative estimate of drug-likeness (QED) is 0.452. The van der Waals surface area contributed by atoms with E-state index in [0.717, 1.165) is 21.4 Å². The van der Waals surface area contributed by atoms with Crippen molar-refractivity contribution >= 4 is 28.1 Å². The Kier molecular flexibility index (Phi) is 6.08. The van der Waals surface area contributed by atoms with Crippen molar-refractivity contribution in [3.63, 3.8) is 0 Å². The molecular formula is C21H19BrN2O3. The zero-order chi connectivity index (χ0) is 19.2. The highest BCUT2D eigenvalue weighted by atomic mass is 79.9. The first-order valence-electron chi connectivity index (χ1n) is 8.39. The lowest BCUT2D eigenvalue weighted by Gasteiger charge is -2.07. The van der Waals surface area contributed by atoms with Gasteiger partial charge in [-0.05, 0) is 61.4 Å². The highest BCUT2D eigenvalue weighted by Crippen LogP contribution is 2.23. The summed E-state index contributed by atoms with van der Waals surface area (Å²) in [5.41, 5.74) is 5.68. The van der Waals surface area contributed by atoms with Crippen LogP contribution >= 0.6 is 15.9 Å². The number of hydrogen-bond donors (Lipinski definition) is 1. The van der Waals surface area contributed by atoms with Crippen LogP contribution in [0.3, 0.4) is 0 Å². The maximum absolute atomic E-state index is 11.8. The van der Waals surface area contributed by atoms with Gasteiger partial charge in [-0.3, -0.25) is 4.79 Å². The molecule has 0 aliphatic carbocycles.